The molecule has 5 heteroatoms. The van der Waals surface area contributed by atoms with Crippen LogP contribution in [0.25, 0.3) is 0 Å². The first kappa shape index (κ1) is 17.3. The highest BCUT2D eigenvalue weighted by molar-refractivity contribution is 5.81. The molecule has 0 aromatic heterocycles. The van der Waals surface area contributed by atoms with Crippen LogP contribution in [0.4, 0.5) is 0 Å². The SMILES string of the molecule is CCOc1ccc(CCNC(=O)[C@H](N)CC)cc1OCC. The highest BCUT2D eigenvalue weighted by Gasteiger charge is 2.10. The first-order valence-corrected chi connectivity index (χ1v) is 7.54. The fourth-order valence-electron chi connectivity index (χ4n) is 1.90. The van der Waals surface area contributed by atoms with E-state index in [0.29, 0.717) is 26.2 Å². The van der Waals surface area contributed by atoms with E-state index in [0.717, 1.165) is 23.5 Å². The van der Waals surface area contributed by atoms with Gasteiger partial charge in [0.2, 0.25) is 5.91 Å². The molecule has 0 radical (unpaired) electrons. The van der Waals surface area contributed by atoms with Crippen LogP contribution >= 0.6 is 0 Å². The zero-order valence-electron chi connectivity index (χ0n) is 13.1. The second-order valence-electron chi connectivity index (χ2n) is 4.70. The van der Waals surface area contributed by atoms with E-state index in [1.54, 1.807) is 0 Å². The summed E-state index contributed by atoms with van der Waals surface area (Å²) in [4.78, 5) is 11.6. The summed E-state index contributed by atoms with van der Waals surface area (Å²) >= 11 is 0. The Bertz CT molecular complexity index is 449. The van der Waals surface area contributed by atoms with Crippen LogP contribution in [0.3, 0.4) is 0 Å². The number of nitrogens with two attached hydrogens (primary N) is 1. The second kappa shape index (κ2) is 9.23. The Kier molecular flexibility index (Phi) is 7.61. The van der Waals surface area contributed by atoms with Crippen molar-refractivity contribution in [2.75, 3.05) is 19.8 Å². The molecular formula is C16H26N2O3. The largest absolute Gasteiger partial charge is 0.490 e. The molecule has 21 heavy (non-hydrogen) atoms. The molecule has 0 saturated carbocycles. The van der Waals surface area contributed by atoms with Gasteiger partial charge in [-0.2, -0.15) is 0 Å². The average Bonchev–Trinajstić information content (AvgIpc) is 2.49. The van der Waals surface area contributed by atoms with E-state index in [2.05, 4.69) is 5.32 Å². The lowest BCUT2D eigenvalue weighted by Crippen LogP contribution is -2.40. The molecule has 3 N–H and O–H groups in total. The van der Waals surface area contributed by atoms with Crippen molar-refractivity contribution >= 4 is 5.91 Å². The molecular weight excluding hydrogens is 268 g/mol. The van der Waals surface area contributed by atoms with Crippen molar-refractivity contribution in [3.05, 3.63) is 23.8 Å². The predicted molar refractivity (Wildman–Crippen MR) is 83.8 cm³/mol. The zero-order chi connectivity index (χ0) is 15.7. The normalized spacial score (nSPS) is 11.8. The molecule has 1 aromatic carbocycles. The third-order valence-electron chi connectivity index (χ3n) is 3.10. The fraction of sp³-hybridized carbons (Fsp3) is 0.562. The van der Waals surface area contributed by atoms with Gasteiger partial charge in [-0.05, 0) is 44.4 Å². The number of hydrogen-bond donors (Lipinski definition) is 2. The number of hydrogen-bond acceptors (Lipinski definition) is 4. The molecule has 1 amide bonds. The van der Waals surface area contributed by atoms with Crippen LogP contribution in [0.15, 0.2) is 18.2 Å². The highest BCUT2D eigenvalue weighted by atomic mass is 16.5. The molecule has 0 heterocycles. The first-order valence-electron chi connectivity index (χ1n) is 7.54. The van der Waals surface area contributed by atoms with E-state index in [1.165, 1.54) is 0 Å². The molecule has 0 aliphatic rings. The summed E-state index contributed by atoms with van der Waals surface area (Å²) < 4.78 is 11.1. The number of carbonyl (C=O) groups is 1. The maximum Gasteiger partial charge on any atom is 0.236 e. The number of nitrogens with one attached hydrogen (secondary N) is 1. The molecule has 1 aromatic rings. The second-order valence-corrected chi connectivity index (χ2v) is 4.70. The highest BCUT2D eigenvalue weighted by Crippen LogP contribution is 2.28. The molecule has 0 spiro atoms. The minimum absolute atomic E-state index is 0.103. The van der Waals surface area contributed by atoms with Gasteiger partial charge in [-0.25, -0.2) is 0 Å². The summed E-state index contributed by atoms with van der Waals surface area (Å²) in [5.41, 5.74) is 6.75. The lowest BCUT2D eigenvalue weighted by molar-refractivity contribution is -0.122. The molecule has 1 atom stereocenters. The van der Waals surface area contributed by atoms with Gasteiger partial charge in [0.1, 0.15) is 0 Å². The van der Waals surface area contributed by atoms with Crippen LogP contribution in [0.2, 0.25) is 0 Å². The van der Waals surface area contributed by atoms with Gasteiger partial charge in [-0.3, -0.25) is 4.79 Å². The standard InChI is InChI=1S/C16H26N2O3/c1-4-13(17)16(19)18-10-9-12-7-8-14(20-5-2)15(11-12)21-6-3/h7-8,11,13H,4-6,9-10,17H2,1-3H3,(H,18,19)/t13-/m1/s1. The van der Waals surface area contributed by atoms with E-state index in [1.807, 2.05) is 39.0 Å². The van der Waals surface area contributed by atoms with Gasteiger partial charge in [-0.1, -0.05) is 13.0 Å². The molecule has 0 aliphatic heterocycles. The molecule has 0 fully saturated rings. The molecule has 1 rings (SSSR count). The number of benzene rings is 1. The number of rotatable bonds is 9. The van der Waals surface area contributed by atoms with Crippen molar-refractivity contribution in [2.24, 2.45) is 5.73 Å². The Morgan fingerprint density at radius 1 is 1.19 bits per heavy atom. The maximum absolute atomic E-state index is 11.6. The summed E-state index contributed by atoms with van der Waals surface area (Å²) in [6, 6.07) is 5.42. The molecule has 0 aliphatic carbocycles. The van der Waals surface area contributed by atoms with Crippen molar-refractivity contribution in [1.29, 1.82) is 0 Å². The van der Waals surface area contributed by atoms with Crippen molar-refractivity contribution in [2.45, 2.75) is 39.7 Å². The first-order chi connectivity index (χ1) is 10.1. The van der Waals surface area contributed by atoms with Crippen LogP contribution < -0.4 is 20.5 Å². The molecule has 0 unspecified atom stereocenters. The number of ether oxygens (including phenoxy) is 2. The molecule has 5 nitrogen and oxygen atoms in total. The summed E-state index contributed by atoms with van der Waals surface area (Å²) in [5.74, 6) is 1.39. The van der Waals surface area contributed by atoms with E-state index in [-0.39, 0.29) is 5.91 Å². The van der Waals surface area contributed by atoms with Gasteiger partial charge in [0.15, 0.2) is 11.5 Å². The van der Waals surface area contributed by atoms with E-state index in [4.69, 9.17) is 15.2 Å². The topological polar surface area (TPSA) is 73.6 Å². The molecule has 0 bridgehead atoms. The van der Waals surface area contributed by atoms with Gasteiger partial charge < -0.3 is 20.5 Å². The third-order valence-corrected chi connectivity index (χ3v) is 3.10. The summed E-state index contributed by atoms with van der Waals surface area (Å²) in [6.45, 7) is 7.53. The number of amides is 1. The Morgan fingerprint density at radius 3 is 2.48 bits per heavy atom. The summed E-state index contributed by atoms with van der Waals surface area (Å²) in [6.07, 6.45) is 1.37. The predicted octanol–water partition coefficient (Wildman–Crippen LogP) is 1.88. The van der Waals surface area contributed by atoms with Gasteiger partial charge >= 0.3 is 0 Å². The van der Waals surface area contributed by atoms with Crippen molar-refractivity contribution < 1.29 is 14.3 Å². The lowest BCUT2D eigenvalue weighted by Gasteiger charge is -2.13. The van der Waals surface area contributed by atoms with Gasteiger partial charge in [0.25, 0.3) is 0 Å². The van der Waals surface area contributed by atoms with E-state index in [9.17, 15) is 4.79 Å². The van der Waals surface area contributed by atoms with E-state index < -0.39 is 6.04 Å². The molecule has 118 valence electrons. The van der Waals surface area contributed by atoms with Crippen LogP contribution in [-0.4, -0.2) is 31.7 Å². The van der Waals surface area contributed by atoms with Crippen molar-refractivity contribution in [3.8, 4) is 11.5 Å². The fourth-order valence-corrected chi connectivity index (χ4v) is 1.90. The Balaban J connectivity index is 2.59. The minimum atomic E-state index is -0.427. The smallest absolute Gasteiger partial charge is 0.236 e. The zero-order valence-corrected chi connectivity index (χ0v) is 13.1. The maximum atomic E-state index is 11.6. The van der Waals surface area contributed by atoms with Gasteiger partial charge in [-0.15, -0.1) is 0 Å². The van der Waals surface area contributed by atoms with Crippen LogP contribution in [0.1, 0.15) is 32.8 Å². The van der Waals surface area contributed by atoms with Crippen LogP contribution in [0, 0.1) is 0 Å². The Labute approximate surface area is 126 Å². The van der Waals surface area contributed by atoms with Crippen LogP contribution in [-0.2, 0) is 11.2 Å². The van der Waals surface area contributed by atoms with Crippen molar-refractivity contribution in [3.63, 3.8) is 0 Å². The molecule has 0 saturated heterocycles. The average molecular weight is 294 g/mol. The quantitative estimate of drug-likeness (QED) is 0.729. The summed E-state index contributed by atoms with van der Waals surface area (Å²) in [5, 5.41) is 2.84. The van der Waals surface area contributed by atoms with Gasteiger partial charge in [0, 0.05) is 6.54 Å². The number of carbonyl (C=O) groups excluding carboxylic acids is 1. The van der Waals surface area contributed by atoms with Gasteiger partial charge in [0.05, 0.1) is 19.3 Å². The van der Waals surface area contributed by atoms with E-state index >= 15 is 0 Å². The van der Waals surface area contributed by atoms with Crippen LogP contribution in [0.5, 0.6) is 11.5 Å². The third kappa shape index (κ3) is 5.63. The monoisotopic (exact) mass is 294 g/mol. The Hall–Kier alpha value is -1.75. The Morgan fingerprint density at radius 2 is 1.86 bits per heavy atom. The minimum Gasteiger partial charge on any atom is -0.490 e. The summed E-state index contributed by atoms with van der Waals surface area (Å²) in [7, 11) is 0. The lowest BCUT2D eigenvalue weighted by atomic mass is 10.1. The van der Waals surface area contributed by atoms with Crippen molar-refractivity contribution in [1.82, 2.24) is 5.32 Å².